The number of alkyl halides is 3. The predicted molar refractivity (Wildman–Crippen MR) is 67.0 cm³/mol. The van der Waals surface area contributed by atoms with Gasteiger partial charge in [0.1, 0.15) is 5.78 Å². The molecular formula is C14H20F3NO2. The van der Waals surface area contributed by atoms with E-state index in [-0.39, 0.29) is 17.7 Å². The molecule has 1 amide bonds. The fourth-order valence-corrected chi connectivity index (χ4v) is 3.63. The number of hydrogen-bond acceptors (Lipinski definition) is 2. The van der Waals surface area contributed by atoms with Gasteiger partial charge in [-0.05, 0) is 32.1 Å². The van der Waals surface area contributed by atoms with Crippen LogP contribution in [-0.4, -0.2) is 34.9 Å². The standard InChI is InChI=1S/C14H20F3NO2/c1-2-4-9-7-8-10-11(5-3-6-12(10)19)18(9)13(20)14(15,16)17/h9-11H,2-8H2,1H3/t9-,10-,11-/m0/s1. The number of carbonyl (C=O) groups is 2. The van der Waals surface area contributed by atoms with E-state index in [4.69, 9.17) is 0 Å². The molecule has 0 unspecified atom stereocenters. The second-order valence-corrected chi connectivity index (χ2v) is 5.76. The number of rotatable bonds is 2. The van der Waals surface area contributed by atoms with E-state index in [9.17, 15) is 22.8 Å². The van der Waals surface area contributed by atoms with Crippen LogP contribution in [0.4, 0.5) is 13.2 Å². The number of ketones is 1. The van der Waals surface area contributed by atoms with Crippen LogP contribution in [-0.2, 0) is 9.59 Å². The molecule has 2 fully saturated rings. The zero-order valence-electron chi connectivity index (χ0n) is 11.6. The summed E-state index contributed by atoms with van der Waals surface area (Å²) in [6.45, 7) is 1.90. The van der Waals surface area contributed by atoms with Gasteiger partial charge in [-0.3, -0.25) is 9.59 Å². The van der Waals surface area contributed by atoms with Crippen LogP contribution in [0.3, 0.4) is 0 Å². The molecule has 3 atom stereocenters. The van der Waals surface area contributed by atoms with Gasteiger partial charge in [0, 0.05) is 24.4 Å². The Hall–Kier alpha value is -1.07. The van der Waals surface area contributed by atoms with Gasteiger partial charge in [-0.2, -0.15) is 13.2 Å². The van der Waals surface area contributed by atoms with Gasteiger partial charge in [-0.15, -0.1) is 0 Å². The molecule has 20 heavy (non-hydrogen) atoms. The van der Waals surface area contributed by atoms with Crippen LogP contribution < -0.4 is 0 Å². The first-order valence-corrected chi connectivity index (χ1v) is 7.28. The molecular weight excluding hydrogens is 271 g/mol. The Morgan fingerprint density at radius 1 is 1.30 bits per heavy atom. The Morgan fingerprint density at radius 3 is 2.60 bits per heavy atom. The van der Waals surface area contributed by atoms with Crippen molar-refractivity contribution in [2.24, 2.45) is 5.92 Å². The van der Waals surface area contributed by atoms with Crippen LogP contribution in [0.2, 0.25) is 0 Å². The van der Waals surface area contributed by atoms with Crippen LogP contribution in [0.5, 0.6) is 0 Å². The zero-order chi connectivity index (χ0) is 14.9. The van der Waals surface area contributed by atoms with Crippen molar-refractivity contribution in [2.45, 2.75) is 70.1 Å². The van der Waals surface area contributed by atoms with Gasteiger partial charge in [-0.1, -0.05) is 13.3 Å². The largest absolute Gasteiger partial charge is 0.471 e. The Labute approximate surface area is 116 Å². The topological polar surface area (TPSA) is 37.4 Å². The van der Waals surface area contributed by atoms with Crippen molar-refractivity contribution < 1.29 is 22.8 Å². The number of hydrogen-bond donors (Lipinski definition) is 0. The maximum absolute atomic E-state index is 12.8. The third kappa shape index (κ3) is 2.83. The van der Waals surface area contributed by atoms with Crippen molar-refractivity contribution in [3.05, 3.63) is 0 Å². The monoisotopic (exact) mass is 291 g/mol. The molecule has 1 saturated heterocycles. The zero-order valence-corrected chi connectivity index (χ0v) is 11.6. The summed E-state index contributed by atoms with van der Waals surface area (Å²) in [7, 11) is 0. The molecule has 6 heteroatoms. The van der Waals surface area contributed by atoms with E-state index < -0.39 is 18.1 Å². The lowest BCUT2D eigenvalue weighted by atomic mass is 9.75. The number of likely N-dealkylation sites (tertiary alicyclic amines) is 1. The number of carbonyl (C=O) groups excluding carboxylic acids is 2. The maximum Gasteiger partial charge on any atom is 0.471 e. The summed E-state index contributed by atoms with van der Waals surface area (Å²) in [5.41, 5.74) is 0. The van der Waals surface area contributed by atoms with Crippen molar-refractivity contribution >= 4 is 11.7 Å². The maximum atomic E-state index is 12.8. The van der Waals surface area contributed by atoms with Crippen LogP contribution in [0, 0.1) is 5.92 Å². The lowest BCUT2D eigenvalue weighted by Crippen LogP contribution is -2.59. The minimum Gasteiger partial charge on any atom is -0.328 e. The third-order valence-electron chi connectivity index (χ3n) is 4.46. The van der Waals surface area contributed by atoms with Gasteiger partial charge in [0.2, 0.25) is 0 Å². The summed E-state index contributed by atoms with van der Waals surface area (Å²) in [4.78, 5) is 24.6. The summed E-state index contributed by atoms with van der Waals surface area (Å²) in [6, 6.07) is -0.919. The molecule has 0 N–H and O–H groups in total. The van der Waals surface area contributed by atoms with E-state index in [1.807, 2.05) is 6.92 Å². The number of Topliss-reactive ketones (excluding diaryl/α,β-unsaturated/α-hetero) is 1. The lowest BCUT2D eigenvalue weighted by molar-refractivity contribution is -0.195. The summed E-state index contributed by atoms with van der Waals surface area (Å²) in [5, 5.41) is 0. The minimum absolute atomic E-state index is 0.0242. The van der Waals surface area contributed by atoms with Crippen LogP contribution in [0.25, 0.3) is 0 Å². The molecule has 0 spiro atoms. The van der Waals surface area contributed by atoms with Crippen molar-refractivity contribution in [2.75, 3.05) is 0 Å². The smallest absolute Gasteiger partial charge is 0.328 e. The van der Waals surface area contributed by atoms with E-state index in [1.54, 1.807) is 0 Å². The summed E-state index contributed by atoms with van der Waals surface area (Å²) in [5.74, 6) is -2.13. The summed E-state index contributed by atoms with van der Waals surface area (Å²) >= 11 is 0. The molecule has 3 nitrogen and oxygen atoms in total. The molecule has 2 rings (SSSR count). The van der Waals surface area contributed by atoms with Crippen molar-refractivity contribution in [1.29, 1.82) is 0 Å². The van der Waals surface area contributed by atoms with E-state index in [1.165, 1.54) is 0 Å². The quantitative estimate of drug-likeness (QED) is 0.784. The van der Waals surface area contributed by atoms with E-state index in [2.05, 4.69) is 0 Å². The molecule has 0 radical (unpaired) electrons. The van der Waals surface area contributed by atoms with Gasteiger partial charge >= 0.3 is 12.1 Å². The van der Waals surface area contributed by atoms with Crippen LogP contribution in [0.1, 0.15) is 51.9 Å². The molecule has 2 aliphatic rings. The molecule has 0 bridgehead atoms. The highest BCUT2D eigenvalue weighted by atomic mass is 19.4. The Balaban J connectivity index is 2.27. The Bertz CT molecular complexity index is 394. The normalized spacial score (nSPS) is 31.1. The first-order valence-electron chi connectivity index (χ1n) is 7.28. The second-order valence-electron chi connectivity index (χ2n) is 5.76. The SMILES string of the molecule is CCC[C@H]1CC[C@@H]2C(=O)CCC[C@@H]2N1C(=O)C(F)(F)F. The minimum atomic E-state index is -4.85. The van der Waals surface area contributed by atoms with Crippen LogP contribution in [0.15, 0.2) is 0 Å². The van der Waals surface area contributed by atoms with Crippen molar-refractivity contribution in [1.82, 2.24) is 4.90 Å². The van der Waals surface area contributed by atoms with Gasteiger partial charge in [-0.25, -0.2) is 0 Å². The highest BCUT2D eigenvalue weighted by Crippen LogP contribution is 2.39. The number of nitrogens with zero attached hydrogens (tertiary/aromatic N) is 1. The van der Waals surface area contributed by atoms with Gasteiger partial charge < -0.3 is 4.90 Å². The number of fused-ring (bicyclic) bond motifs is 1. The molecule has 1 heterocycles. The summed E-state index contributed by atoms with van der Waals surface area (Å²) in [6.07, 6.45) is -0.893. The lowest BCUT2D eigenvalue weighted by Gasteiger charge is -2.48. The van der Waals surface area contributed by atoms with Crippen molar-refractivity contribution in [3.63, 3.8) is 0 Å². The average Bonchev–Trinajstić information content (AvgIpc) is 2.37. The highest BCUT2D eigenvalue weighted by molar-refractivity contribution is 5.86. The number of amides is 1. The van der Waals surface area contributed by atoms with E-state index >= 15 is 0 Å². The predicted octanol–water partition coefficient (Wildman–Crippen LogP) is 3.08. The second kappa shape index (κ2) is 5.74. The molecule has 0 aromatic heterocycles. The fourth-order valence-electron chi connectivity index (χ4n) is 3.63. The number of halogens is 3. The van der Waals surface area contributed by atoms with Gasteiger partial charge in [0.05, 0.1) is 0 Å². The van der Waals surface area contributed by atoms with Crippen LogP contribution >= 0.6 is 0 Å². The molecule has 1 saturated carbocycles. The Kier molecular flexibility index (Phi) is 4.39. The fraction of sp³-hybridized carbons (Fsp3) is 0.857. The van der Waals surface area contributed by atoms with E-state index in [0.29, 0.717) is 38.5 Å². The third-order valence-corrected chi connectivity index (χ3v) is 4.46. The van der Waals surface area contributed by atoms with E-state index in [0.717, 1.165) is 11.3 Å². The molecule has 1 aliphatic heterocycles. The highest BCUT2D eigenvalue weighted by Gasteiger charge is 2.51. The van der Waals surface area contributed by atoms with Crippen molar-refractivity contribution in [3.8, 4) is 0 Å². The summed E-state index contributed by atoms with van der Waals surface area (Å²) < 4.78 is 38.5. The molecule has 1 aliphatic carbocycles. The molecule has 0 aromatic rings. The first kappa shape index (κ1) is 15.3. The van der Waals surface area contributed by atoms with Gasteiger partial charge in [0.15, 0.2) is 0 Å². The molecule has 114 valence electrons. The average molecular weight is 291 g/mol. The van der Waals surface area contributed by atoms with Gasteiger partial charge in [0.25, 0.3) is 0 Å². The Morgan fingerprint density at radius 2 is 2.00 bits per heavy atom. The molecule has 0 aromatic carbocycles. The number of piperidine rings is 1. The first-order chi connectivity index (χ1) is 9.36.